The SMILES string of the molecule is CC1(S(=O)(=O)NC(=O)C2CCC(OC3CCN(c4ccc(-c5nc6ccc(F)cc6[nH]5)cn4)CC3)CC2)CC1. The molecule has 39 heavy (non-hydrogen) atoms. The van der Waals surface area contributed by atoms with Gasteiger partial charge in [0.05, 0.1) is 28.0 Å². The smallest absolute Gasteiger partial charge is 0.240 e. The predicted octanol–water partition coefficient (Wildman–Crippen LogP) is 4.31. The van der Waals surface area contributed by atoms with Crippen molar-refractivity contribution < 1.29 is 22.3 Å². The van der Waals surface area contributed by atoms with Crippen LogP contribution in [0.3, 0.4) is 0 Å². The van der Waals surface area contributed by atoms with Crippen molar-refractivity contribution in [3.63, 3.8) is 0 Å². The number of H-pyrrole nitrogens is 1. The highest BCUT2D eigenvalue weighted by Gasteiger charge is 2.51. The molecule has 3 aliphatic rings. The van der Waals surface area contributed by atoms with Gasteiger partial charge in [0.15, 0.2) is 0 Å². The van der Waals surface area contributed by atoms with Crippen molar-refractivity contribution in [1.82, 2.24) is 19.7 Å². The summed E-state index contributed by atoms with van der Waals surface area (Å²) in [5, 5.41) is 0. The van der Waals surface area contributed by atoms with Crippen LogP contribution >= 0.6 is 0 Å². The molecule has 3 heterocycles. The van der Waals surface area contributed by atoms with E-state index in [0.717, 1.165) is 50.2 Å². The molecule has 3 fully saturated rings. The molecule has 2 aliphatic carbocycles. The van der Waals surface area contributed by atoms with Crippen molar-refractivity contribution in [1.29, 1.82) is 0 Å². The number of sulfonamides is 1. The summed E-state index contributed by atoms with van der Waals surface area (Å²) >= 11 is 0. The van der Waals surface area contributed by atoms with E-state index in [0.29, 0.717) is 42.5 Å². The van der Waals surface area contributed by atoms with Gasteiger partial charge in [-0.15, -0.1) is 0 Å². The lowest BCUT2D eigenvalue weighted by molar-refractivity contribution is -0.125. The molecule has 0 atom stereocenters. The first-order chi connectivity index (χ1) is 18.7. The highest BCUT2D eigenvalue weighted by atomic mass is 32.2. The number of benzene rings is 1. The van der Waals surface area contributed by atoms with E-state index in [2.05, 4.69) is 24.6 Å². The first kappa shape index (κ1) is 26.2. The molecule has 0 bridgehead atoms. The topological polar surface area (TPSA) is 117 Å². The Morgan fingerprint density at radius 2 is 1.79 bits per heavy atom. The highest BCUT2D eigenvalue weighted by molar-refractivity contribution is 7.91. The molecule has 1 aromatic carbocycles. The van der Waals surface area contributed by atoms with E-state index in [1.54, 1.807) is 19.2 Å². The molecule has 0 spiro atoms. The molecule has 6 rings (SSSR count). The normalized spacial score (nSPS) is 23.6. The van der Waals surface area contributed by atoms with Gasteiger partial charge < -0.3 is 14.6 Å². The Morgan fingerprint density at radius 1 is 1.08 bits per heavy atom. The maximum absolute atomic E-state index is 13.5. The van der Waals surface area contributed by atoms with Crippen LogP contribution in [0.4, 0.5) is 10.2 Å². The number of amides is 1. The quantitative estimate of drug-likeness (QED) is 0.446. The van der Waals surface area contributed by atoms with Gasteiger partial charge in [-0.3, -0.25) is 9.52 Å². The molecule has 2 saturated carbocycles. The third kappa shape index (κ3) is 5.51. The molecular formula is C28H34FN5O4S. The van der Waals surface area contributed by atoms with Gasteiger partial charge in [0.25, 0.3) is 0 Å². The zero-order valence-electron chi connectivity index (χ0n) is 22.0. The van der Waals surface area contributed by atoms with Gasteiger partial charge in [-0.1, -0.05) is 0 Å². The average Bonchev–Trinajstić information content (AvgIpc) is 3.56. The number of piperidine rings is 1. The van der Waals surface area contributed by atoms with E-state index in [1.165, 1.54) is 12.1 Å². The molecule has 11 heteroatoms. The summed E-state index contributed by atoms with van der Waals surface area (Å²) in [5.41, 5.74) is 2.21. The Balaban J connectivity index is 0.962. The fourth-order valence-corrected chi connectivity index (χ4v) is 6.89. The van der Waals surface area contributed by atoms with Gasteiger partial charge in [-0.2, -0.15) is 0 Å². The number of rotatable bonds is 7. The van der Waals surface area contributed by atoms with Crippen molar-refractivity contribution >= 4 is 32.8 Å². The summed E-state index contributed by atoms with van der Waals surface area (Å²) < 4.78 is 46.2. The Kier molecular flexibility index (Phi) is 6.83. The minimum absolute atomic E-state index is 0.109. The lowest BCUT2D eigenvalue weighted by Gasteiger charge is -2.36. The third-order valence-electron chi connectivity index (χ3n) is 8.50. The number of fused-ring (bicyclic) bond motifs is 1. The third-order valence-corrected chi connectivity index (χ3v) is 10.7. The van der Waals surface area contributed by atoms with Crippen LogP contribution in [-0.2, 0) is 19.6 Å². The maximum Gasteiger partial charge on any atom is 0.240 e. The number of nitrogens with one attached hydrogen (secondary N) is 2. The molecule has 208 valence electrons. The molecule has 1 saturated heterocycles. The van der Waals surface area contributed by atoms with E-state index < -0.39 is 14.8 Å². The van der Waals surface area contributed by atoms with Crippen LogP contribution in [0.5, 0.6) is 0 Å². The van der Waals surface area contributed by atoms with Gasteiger partial charge >= 0.3 is 0 Å². The van der Waals surface area contributed by atoms with Gasteiger partial charge in [0.2, 0.25) is 15.9 Å². The van der Waals surface area contributed by atoms with Gasteiger partial charge in [-0.05, 0) is 88.6 Å². The number of anilines is 1. The molecule has 0 radical (unpaired) electrons. The zero-order chi connectivity index (χ0) is 27.2. The molecule has 1 amide bonds. The minimum Gasteiger partial charge on any atom is -0.375 e. The molecule has 1 aliphatic heterocycles. The number of ether oxygens (including phenoxy) is 1. The molecule has 2 N–H and O–H groups in total. The number of pyridine rings is 1. The summed E-state index contributed by atoms with van der Waals surface area (Å²) in [6.07, 6.45) is 7.93. The molecule has 3 aromatic rings. The van der Waals surface area contributed by atoms with Crippen LogP contribution in [0.15, 0.2) is 36.5 Å². The Morgan fingerprint density at radius 3 is 2.46 bits per heavy atom. The van der Waals surface area contributed by atoms with E-state index in [9.17, 15) is 17.6 Å². The Labute approximate surface area is 227 Å². The van der Waals surface area contributed by atoms with Crippen LogP contribution in [0.25, 0.3) is 22.4 Å². The van der Waals surface area contributed by atoms with Crippen molar-refractivity contribution in [2.24, 2.45) is 5.92 Å². The number of nitrogens with zero attached hydrogens (tertiary/aromatic N) is 3. The van der Waals surface area contributed by atoms with Crippen molar-refractivity contribution in [3.05, 3.63) is 42.3 Å². The number of halogens is 1. The summed E-state index contributed by atoms with van der Waals surface area (Å²) in [7, 11) is -3.58. The first-order valence-corrected chi connectivity index (χ1v) is 15.3. The minimum atomic E-state index is -3.58. The number of aromatic nitrogens is 3. The summed E-state index contributed by atoms with van der Waals surface area (Å²) in [6.45, 7) is 3.38. The second-order valence-electron chi connectivity index (χ2n) is 11.4. The fraction of sp³-hybridized carbons (Fsp3) is 0.536. The summed E-state index contributed by atoms with van der Waals surface area (Å²) in [4.78, 5) is 27.1. The van der Waals surface area contributed by atoms with E-state index in [1.807, 2.05) is 12.1 Å². The van der Waals surface area contributed by atoms with Crippen LogP contribution < -0.4 is 9.62 Å². The molecule has 2 aromatic heterocycles. The fourth-order valence-electron chi connectivity index (χ4n) is 5.57. The lowest BCUT2D eigenvalue weighted by atomic mass is 9.87. The van der Waals surface area contributed by atoms with Crippen LogP contribution in [-0.4, -0.2) is 59.3 Å². The average molecular weight is 556 g/mol. The number of aromatic amines is 1. The van der Waals surface area contributed by atoms with Gasteiger partial charge in [0.1, 0.15) is 17.5 Å². The second kappa shape index (κ2) is 10.2. The van der Waals surface area contributed by atoms with Crippen LogP contribution in [0.2, 0.25) is 0 Å². The van der Waals surface area contributed by atoms with E-state index in [4.69, 9.17) is 4.74 Å². The summed E-state index contributed by atoms with van der Waals surface area (Å²) in [6, 6.07) is 8.45. The predicted molar refractivity (Wildman–Crippen MR) is 146 cm³/mol. The number of hydrogen-bond donors (Lipinski definition) is 2. The highest BCUT2D eigenvalue weighted by Crippen LogP contribution is 2.42. The molecule has 0 unspecified atom stereocenters. The van der Waals surface area contributed by atoms with E-state index in [-0.39, 0.29) is 29.9 Å². The van der Waals surface area contributed by atoms with Crippen LogP contribution in [0.1, 0.15) is 58.3 Å². The standard InChI is InChI=1S/C28H34FN5O4S/c1-28(12-13-28)39(36,37)33-27(35)18-2-6-21(7-3-18)38-22-10-14-34(15-11-22)25-9-4-19(17-30-25)26-31-23-8-5-20(29)16-24(23)32-26/h4-5,8-9,16-18,21-22H,2-3,6-7,10-15H2,1H3,(H,31,32)(H,33,35). The van der Waals surface area contributed by atoms with Gasteiger partial charge in [-0.25, -0.2) is 22.8 Å². The zero-order valence-corrected chi connectivity index (χ0v) is 22.8. The second-order valence-corrected chi connectivity index (χ2v) is 13.6. The van der Waals surface area contributed by atoms with Crippen molar-refractivity contribution in [3.8, 4) is 11.4 Å². The van der Waals surface area contributed by atoms with Crippen molar-refractivity contribution in [2.45, 2.75) is 75.2 Å². The maximum atomic E-state index is 13.5. The Bertz CT molecular complexity index is 1450. The summed E-state index contributed by atoms with van der Waals surface area (Å²) in [5.74, 6) is 0.639. The number of imidazole rings is 1. The first-order valence-electron chi connectivity index (χ1n) is 13.8. The Hall–Kier alpha value is -3.05. The number of hydrogen-bond acceptors (Lipinski definition) is 7. The number of carbonyl (C=O) groups excluding carboxylic acids is 1. The van der Waals surface area contributed by atoms with E-state index >= 15 is 0 Å². The van der Waals surface area contributed by atoms with Crippen LogP contribution in [0, 0.1) is 11.7 Å². The molecular weight excluding hydrogens is 521 g/mol. The molecule has 9 nitrogen and oxygen atoms in total. The number of carbonyl (C=O) groups is 1. The monoisotopic (exact) mass is 555 g/mol. The largest absolute Gasteiger partial charge is 0.375 e. The lowest BCUT2D eigenvalue weighted by Crippen LogP contribution is -2.43. The van der Waals surface area contributed by atoms with Gasteiger partial charge in [0, 0.05) is 30.8 Å². The van der Waals surface area contributed by atoms with Crippen molar-refractivity contribution in [2.75, 3.05) is 18.0 Å².